The Hall–Kier alpha value is -1.29. The van der Waals surface area contributed by atoms with Crippen molar-refractivity contribution in [3.05, 3.63) is 41.0 Å². The van der Waals surface area contributed by atoms with Crippen LogP contribution in [0.1, 0.15) is 25.3 Å². The highest BCUT2D eigenvalue weighted by Crippen LogP contribution is 2.29. The van der Waals surface area contributed by atoms with Crippen LogP contribution in [0.4, 0.5) is 8.78 Å². The molecule has 16 heavy (non-hydrogen) atoms. The highest BCUT2D eigenvalue weighted by atomic mass is 32.1. The van der Waals surface area contributed by atoms with Crippen LogP contribution in [0.15, 0.2) is 23.8 Å². The van der Waals surface area contributed by atoms with E-state index < -0.39 is 11.6 Å². The largest absolute Gasteiger partial charge is 0.252 e. The van der Waals surface area contributed by atoms with E-state index in [1.807, 2.05) is 0 Å². The SMILES string of the molecule is CC(C)c1c(F)cc(-c2cncs2)cc1F. The lowest BCUT2D eigenvalue weighted by molar-refractivity contribution is 0.542. The van der Waals surface area contributed by atoms with E-state index in [2.05, 4.69) is 4.98 Å². The van der Waals surface area contributed by atoms with Gasteiger partial charge in [-0.2, -0.15) is 0 Å². The maximum atomic E-state index is 13.7. The number of rotatable bonds is 2. The lowest BCUT2D eigenvalue weighted by atomic mass is 10.00. The summed E-state index contributed by atoms with van der Waals surface area (Å²) in [6.45, 7) is 3.54. The fraction of sp³-hybridized carbons (Fsp3) is 0.250. The van der Waals surface area contributed by atoms with E-state index in [9.17, 15) is 8.78 Å². The molecule has 0 saturated heterocycles. The van der Waals surface area contributed by atoms with E-state index in [0.29, 0.717) is 5.56 Å². The smallest absolute Gasteiger partial charge is 0.130 e. The average molecular weight is 239 g/mol. The summed E-state index contributed by atoms with van der Waals surface area (Å²) in [5.41, 5.74) is 2.33. The monoisotopic (exact) mass is 239 g/mol. The van der Waals surface area contributed by atoms with Crippen molar-refractivity contribution in [2.24, 2.45) is 0 Å². The van der Waals surface area contributed by atoms with E-state index in [-0.39, 0.29) is 11.5 Å². The van der Waals surface area contributed by atoms with Gasteiger partial charge in [0.05, 0.1) is 10.4 Å². The highest BCUT2D eigenvalue weighted by Gasteiger charge is 2.15. The molecule has 0 radical (unpaired) electrons. The molecule has 0 fully saturated rings. The molecule has 0 N–H and O–H groups in total. The molecule has 0 amide bonds. The first-order valence-electron chi connectivity index (χ1n) is 4.97. The van der Waals surface area contributed by atoms with Crippen LogP contribution in [-0.4, -0.2) is 4.98 Å². The lowest BCUT2D eigenvalue weighted by Gasteiger charge is -2.09. The Bertz CT molecular complexity index is 469. The van der Waals surface area contributed by atoms with Gasteiger partial charge in [-0.3, -0.25) is 4.98 Å². The Labute approximate surface area is 96.8 Å². The number of aromatic nitrogens is 1. The van der Waals surface area contributed by atoms with Crippen LogP contribution in [0.2, 0.25) is 0 Å². The second-order valence-corrected chi connectivity index (χ2v) is 4.76. The molecule has 84 valence electrons. The number of nitrogens with zero attached hydrogens (tertiary/aromatic N) is 1. The van der Waals surface area contributed by atoms with Gasteiger partial charge in [0.1, 0.15) is 11.6 Å². The van der Waals surface area contributed by atoms with Crippen molar-refractivity contribution >= 4 is 11.3 Å². The summed E-state index contributed by atoms with van der Waals surface area (Å²) >= 11 is 1.36. The number of hydrogen-bond donors (Lipinski definition) is 0. The first-order valence-corrected chi connectivity index (χ1v) is 5.85. The first-order chi connectivity index (χ1) is 7.59. The number of halogens is 2. The summed E-state index contributed by atoms with van der Waals surface area (Å²) < 4.78 is 27.4. The summed E-state index contributed by atoms with van der Waals surface area (Å²) in [6, 6.07) is 2.73. The molecule has 1 heterocycles. The molecule has 0 atom stereocenters. The number of benzene rings is 1. The van der Waals surface area contributed by atoms with Crippen molar-refractivity contribution in [2.75, 3.05) is 0 Å². The highest BCUT2D eigenvalue weighted by molar-refractivity contribution is 7.13. The minimum absolute atomic E-state index is 0.147. The molecule has 0 aliphatic heterocycles. The van der Waals surface area contributed by atoms with Crippen molar-refractivity contribution in [1.29, 1.82) is 0 Å². The van der Waals surface area contributed by atoms with Crippen molar-refractivity contribution in [3.63, 3.8) is 0 Å². The molecule has 1 aromatic heterocycles. The third kappa shape index (κ3) is 1.97. The predicted molar refractivity (Wildman–Crippen MR) is 61.6 cm³/mol. The zero-order valence-corrected chi connectivity index (χ0v) is 9.81. The maximum Gasteiger partial charge on any atom is 0.130 e. The van der Waals surface area contributed by atoms with Gasteiger partial charge in [0.2, 0.25) is 0 Å². The number of hydrogen-bond acceptors (Lipinski definition) is 2. The van der Waals surface area contributed by atoms with Gasteiger partial charge in [0.15, 0.2) is 0 Å². The normalized spacial score (nSPS) is 11.1. The molecule has 0 spiro atoms. The standard InChI is InChI=1S/C12H11F2NS/c1-7(2)12-9(13)3-8(4-10(12)14)11-5-15-6-16-11/h3-7H,1-2H3. The molecular formula is C12H11F2NS. The van der Waals surface area contributed by atoms with Crippen LogP contribution in [0.25, 0.3) is 10.4 Å². The van der Waals surface area contributed by atoms with E-state index in [1.54, 1.807) is 25.6 Å². The fourth-order valence-corrected chi connectivity index (χ4v) is 2.25. The molecule has 0 bridgehead atoms. The minimum atomic E-state index is -0.488. The molecule has 0 aliphatic carbocycles. The third-order valence-electron chi connectivity index (χ3n) is 2.37. The van der Waals surface area contributed by atoms with Crippen LogP contribution in [0.5, 0.6) is 0 Å². The summed E-state index contributed by atoms with van der Waals surface area (Å²) in [6.07, 6.45) is 1.61. The summed E-state index contributed by atoms with van der Waals surface area (Å²) in [5.74, 6) is -1.13. The second kappa shape index (κ2) is 4.29. The van der Waals surface area contributed by atoms with Crippen LogP contribution in [-0.2, 0) is 0 Å². The van der Waals surface area contributed by atoms with Crippen molar-refractivity contribution in [1.82, 2.24) is 4.98 Å². The molecule has 1 nitrogen and oxygen atoms in total. The Morgan fingerprint density at radius 3 is 2.25 bits per heavy atom. The molecule has 2 aromatic rings. The summed E-state index contributed by atoms with van der Waals surface area (Å²) in [5, 5.41) is 0. The first kappa shape index (κ1) is 11.2. The van der Waals surface area contributed by atoms with Crippen LogP contribution in [0.3, 0.4) is 0 Å². The van der Waals surface area contributed by atoms with Gasteiger partial charge in [0, 0.05) is 11.8 Å². The zero-order chi connectivity index (χ0) is 11.7. The Balaban J connectivity index is 2.53. The van der Waals surface area contributed by atoms with E-state index in [1.165, 1.54) is 23.5 Å². The quantitative estimate of drug-likeness (QED) is 0.765. The van der Waals surface area contributed by atoms with Gasteiger partial charge in [-0.1, -0.05) is 13.8 Å². The van der Waals surface area contributed by atoms with Gasteiger partial charge >= 0.3 is 0 Å². The molecule has 2 rings (SSSR count). The topological polar surface area (TPSA) is 12.9 Å². The molecule has 4 heteroatoms. The van der Waals surface area contributed by atoms with Crippen LogP contribution in [0, 0.1) is 11.6 Å². The maximum absolute atomic E-state index is 13.7. The van der Waals surface area contributed by atoms with Crippen LogP contribution < -0.4 is 0 Å². The molecule has 1 aromatic carbocycles. The van der Waals surface area contributed by atoms with Crippen molar-refractivity contribution in [2.45, 2.75) is 19.8 Å². The van der Waals surface area contributed by atoms with Gasteiger partial charge in [0.25, 0.3) is 0 Å². The molecule has 0 saturated carbocycles. The lowest BCUT2D eigenvalue weighted by Crippen LogP contribution is -1.98. The Morgan fingerprint density at radius 2 is 1.81 bits per heavy atom. The van der Waals surface area contributed by atoms with Crippen molar-refractivity contribution < 1.29 is 8.78 Å². The fourth-order valence-electron chi connectivity index (χ4n) is 1.64. The summed E-state index contributed by atoms with van der Waals surface area (Å²) in [7, 11) is 0. The van der Waals surface area contributed by atoms with Gasteiger partial charge in [-0.05, 0) is 23.6 Å². The van der Waals surface area contributed by atoms with E-state index in [4.69, 9.17) is 0 Å². The van der Waals surface area contributed by atoms with Gasteiger partial charge in [-0.15, -0.1) is 11.3 Å². The Morgan fingerprint density at radius 1 is 1.19 bits per heavy atom. The van der Waals surface area contributed by atoms with Crippen molar-refractivity contribution in [3.8, 4) is 10.4 Å². The zero-order valence-electron chi connectivity index (χ0n) is 9.00. The second-order valence-electron chi connectivity index (χ2n) is 3.87. The van der Waals surface area contributed by atoms with Crippen LogP contribution >= 0.6 is 11.3 Å². The molecule has 0 unspecified atom stereocenters. The van der Waals surface area contributed by atoms with E-state index >= 15 is 0 Å². The average Bonchev–Trinajstić information content (AvgIpc) is 2.67. The van der Waals surface area contributed by atoms with E-state index in [0.717, 1.165) is 4.88 Å². The predicted octanol–water partition coefficient (Wildman–Crippen LogP) is 4.21. The van der Waals surface area contributed by atoms with Gasteiger partial charge < -0.3 is 0 Å². The number of thiazole rings is 1. The Kier molecular flexibility index (Phi) is 3.01. The van der Waals surface area contributed by atoms with Gasteiger partial charge in [-0.25, -0.2) is 8.78 Å². The minimum Gasteiger partial charge on any atom is -0.252 e. The molecule has 0 aliphatic rings. The third-order valence-corrected chi connectivity index (χ3v) is 3.20. The summed E-state index contributed by atoms with van der Waals surface area (Å²) in [4.78, 5) is 4.66. The molecular weight excluding hydrogens is 228 g/mol.